The fraction of sp³-hybridized carbons (Fsp3) is 0.562. The smallest absolute Gasteiger partial charge is 0.303 e. The summed E-state index contributed by atoms with van der Waals surface area (Å²) in [4.78, 5) is 14.4. The van der Waals surface area contributed by atoms with E-state index in [-0.39, 0.29) is 5.78 Å². The predicted molar refractivity (Wildman–Crippen MR) is 75.4 cm³/mol. The Hall–Kier alpha value is -1.36. The maximum atomic E-state index is 12.6. The number of benzene rings is 1. The summed E-state index contributed by atoms with van der Waals surface area (Å²) in [6.07, 6.45) is -0.435. The largest absolute Gasteiger partial charge is 0.416 e. The highest BCUT2D eigenvalue weighted by atomic mass is 19.4. The van der Waals surface area contributed by atoms with Crippen LogP contribution in [0.3, 0.4) is 0 Å². The number of Topliss-reactive ketones (excluding diaryl/α,β-unsaturated/α-hetero) is 1. The lowest BCUT2D eigenvalue weighted by Gasteiger charge is -2.26. The fourth-order valence-corrected chi connectivity index (χ4v) is 2.73. The van der Waals surface area contributed by atoms with Crippen molar-refractivity contribution >= 4 is 5.78 Å². The highest BCUT2D eigenvalue weighted by Gasteiger charge is 2.31. The van der Waals surface area contributed by atoms with Gasteiger partial charge in [-0.25, -0.2) is 0 Å². The van der Waals surface area contributed by atoms with E-state index in [4.69, 9.17) is 0 Å². The molecule has 1 aliphatic heterocycles. The molecule has 116 valence electrons. The first-order chi connectivity index (χ1) is 9.88. The van der Waals surface area contributed by atoms with Gasteiger partial charge in [-0.15, -0.1) is 0 Å². The van der Waals surface area contributed by atoms with Crippen molar-refractivity contribution in [2.24, 2.45) is 0 Å². The number of hydrogen-bond donors (Lipinski definition) is 0. The first-order valence-corrected chi connectivity index (χ1v) is 7.31. The van der Waals surface area contributed by atoms with Gasteiger partial charge in [-0.2, -0.15) is 13.2 Å². The summed E-state index contributed by atoms with van der Waals surface area (Å²) in [7, 11) is 0. The lowest BCUT2D eigenvalue weighted by Crippen LogP contribution is -2.31. The van der Waals surface area contributed by atoms with E-state index in [9.17, 15) is 18.0 Å². The van der Waals surface area contributed by atoms with E-state index in [1.54, 1.807) is 6.92 Å². The van der Waals surface area contributed by atoms with E-state index in [1.165, 1.54) is 12.5 Å². The molecule has 1 heterocycles. The topological polar surface area (TPSA) is 20.3 Å². The average molecular weight is 299 g/mol. The predicted octanol–water partition coefficient (Wildman–Crippen LogP) is 4.07. The van der Waals surface area contributed by atoms with E-state index in [2.05, 4.69) is 4.90 Å². The molecule has 1 saturated heterocycles. The maximum absolute atomic E-state index is 12.6. The van der Waals surface area contributed by atoms with Crippen molar-refractivity contribution in [2.75, 3.05) is 19.6 Å². The number of likely N-dealkylation sites (tertiary alicyclic amines) is 1. The van der Waals surface area contributed by atoms with Crippen LogP contribution in [0.1, 0.15) is 47.2 Å². The van der Waals surface area contributed by atoms with E-state index < -0.39 is 11.7 Å². The van der Waals surface area contributed by atoms with Crippen molar-refractivity contribution in [3.8, 4) is 0 Å². The van der Waals surface area contributed by atoms with Crippen molar-refractivity contribution in [1.29, 1.82) is 0 Å². The van der Waals surface area contributed by atoms with E-state index in [0.29, 0.717) is 24.1 Å². The number of alkyl halides is 3. The van der Waals surface area contributed by atoms with Crippen molar-refractivity contribution < 1.29 is 18.0 Å². The molecule has 0 radical (unpaired) electrons. The first-order valence-electron chi connectivity index (χ1n) is 7.31. The third-order valence-corrected chi connectivity index (χ3v) is 3.96. The molecule has 1 aliphatic rings. The molecule has 1 fully saturated rings. The van der Waals surface area contributed by atoms with Crippen LogP contribution in [-0.2, 0) is 6.18 Å². The van der Waals surface area contributed by atoms with Crippen LogP contribution < -0.4 is 0 Å². The number of ketones is 1. The van der Waals surface area contributed by atoms with Gasteiger partial charge in [-0.3, -0.25) is 4.79 Å². The van der Waals surface area contributed by atoms with Gasteiger partial charge in [0.2, 0.25) is 0 Å². The molecule has 2 rings (SSSR count). The molecule has 1 aromatic rings. The summed E-state index contributed by atoms with van der Waals surface area (Å²) >= 11 is 0. The number of carbonyl (C=O) groups excluding carboxylic acids is 1. The number of hydrogen-bond acceptors (Lipinski definition) is 2. The van der Waals surface area contributed by atoms with Crippen LogP contribution in [0.5, 0.6) is 0 Å². The minimum Gasteiger partial charge on any atom is -0.303 e. The molecule has 0 aromatic heterocycles. The molecule has 0 N–H and O–H groups in total. The third kappa shape index (κ3) is 4.30. The van der Waals surface area contributed by atoms with Crippen LogP contribution in [-0.4, -0.2) is 30.3 Å². The molecular formula is C16H20F3NO. The molecule has 0 bridgehead atoms. The summed E-state index contributed by atoms with van der Waals surface area (Å²) in [5.74, 6) is -0.0770. The van der Waals surface area contributed by atoms with Gasteiger partial charge >= 0.3 is 6.18 Å². The lowest BCUT2D eigenvalue weighted by molar-refractivity contribution is -0.137. The lowest BCUT2D eigenvalue weighted by atomic mass is 9.99. The molecule has 0 spiro atoms. The Morgan fingerprint density at radius 3 is 2.43 bits per heavy atom. The highest BCUT2D eigenvalue weighted by molar-refractivity contribution is 5.97. The molecule has 0 saturated carbocycles. The average Bonchev–Trinajstić information content (AvgIpc) is 2.45. The fourth-order valence-electron chi connectivity index (χ4n) is 2.73. The number of rotatable bonds is 4. The molecule has 1 aromatic carbocycles. The zero-order valence-corrected chi connectivity index (χ0v) is 12.2. The van der Waals surface area contributed by atoms with Gasteiger partial charge in [-0.1, -0.05) is 12.5 Å². The first kappa shape index (κ1) is 16.0. The molecule has 0 aliphatic carbocycles. The zero-order chi connectivity index (χ0) is 15.5. The Balaban J connectivity index is 1.99. The van der Waals surface area contributed by atoms with Gasteiger partial charge in [0.15, 0.2) is 5.78 Å². The SMILES string of the molecule is Cc1cc(C(F)(F)F)ccc1C(=O)CCN1CCCCC1. The summed E-state index contributed by atoms with van der Waals surface area (Å²) in [6, 6.07) is 3.34. The number of nitrogens with zero attached hydrogens (tertiary/aromatic N) is 1. The van der Waals surface area contributed by atoms with Crippen molar-refractivity contribution in [3.63, 3.8) is 0 Å². The van der Waals surface area contributed by atoms with E-state index >= 15 is 0 Å². The Morgan fingerprint density at radius 2 is 1.86 bits per heavy atom. The van der Waals surface area contributed by atoms with Crippen LogP contribution in [0.25, 0.3) is 0 Å². The molecule has 21 heavy (non-hydrogen) atoms. The van der Waals surface area contributed by atoms with Gasteiger partial charge in [0, 0.05) is 18.5 Å². The number of halogens is 3. The molecule has 5 heteroatoms. The molecule has 0 amide bonds. The Bertz CT molecular complexity index is 505. The minimum absolute atomic E-state index is 0.0770. The van der Waals surface area contributed by atoms with Crippen molar-refractivity contribution in [1.82, 2.24) is 4.90 Å². The van der Waals surface area contributed by atoms with Gasteiger partial charge in [-0.05, 0) is 50.6 Å². The Kier molecular flexibility index (Phi) is 5.04. The quantitative estimate of drug-likeness (QED) is 0.781. The normalized spacial score (nSPS) is 17.0. The second-order valence-corrected chi connectivity index (χ2v) is 5.60. The zero-order valence-electron chi connectivity index (χ0n) is 12.2. The summed E-state index contributed by atoms with van der Waals surface area (Å²) in [5.41, 5.74) is 0.0982. The number of carbonyl (C=O) groups is 1. The Morgan fingerprint density at radius 1 is 1.19 bits per heavy atom. The van der Waals surface area contributed by atoms with Crippen LogP contribution in [0.4, 0.5) is 13.2 Å². The summed E-state index contributed by atoms with van der Waals surface area (Å²) < 4.78 is 37.8. The number of aryl methyl sites for hydroxylation is 1. The van der Waals surface area contributed by atoms with Crippen molar-refractivity contribution in [3.05, 3.63) is 34.9 Å². The number of piperidine rings is 1. The highest BCUT2D eigenvalue weighted by Crippen LogP contribution is 2.30. The molecule has 0 unspecified atom stereocenters. The summed E-state index contributed by atoms with van der Waals surface area (Å²) in [5, 5.41) is 0. The van der Waals surface area contributed by atoms with Crippen LogP contribution in [0, 0.1) is 6.92 Å². The maximum Gasteiger partial charge on any atom is 0.416 e. The van der Waals surface area contributed by atoms with Gasteiger partial charge < -0.3 is 4.90 Å². The van der Waals surface area contributed by atoms with Gasteiger partial charge in [0.25, 0.3) is 0 Å². The van der Waals surface area contributed by atoms with Gasteiger partial charge in [0.1, 0.15) is 0 Å². The minimum atomic E-state index is -4.36. The summed E-state index contributed by atoms with van der Waals surface area (Å²) in [6.45, 7) is 4.28. The molecular weight excluding hydrogens is 279 g/mol. The second-order valence-electron chi connectivity index (χ2n) is 5.60. The molecule has 2 nitrogen and oxygen atoms in total. The van der Waals surface area contributed by atoms with Crippen LogP contribution in [0.15, 0.2) is 18.2 Å². The standard InChI is InChI=1S/C16H20F3NO/c1-12-11-13(16(17,18)19)5-6-14(12)15(21)7-10-20-8-3-2-4-9-20/h5-6,11H,2-4,7-10H2,1H3. The van der Waals surface area contributed by atoms with Crippen molar-refractivity contribution in [2.45, 2.75) is 38.8 Å². The van der Waals surface area contributed by atoms with Crippen LogP contribution >= 0.6 is 0 Å². The Labute approximate surface area is 122 Å². The van der Waals surface area contributed by atoms with Gasteiger partial charge in [0.05, 0.1) is 5.56 Å². The second kappa shape index (κ2) is 6.60. The third-order valence-electron chi connectivity index (χ3n) is 3.96. The molecule has 0 atom stereocenters. The van der Waals surface area contributed by atoms with E-state index in [1.807, 2.05) is 0 Å². The van der Waals surface area contributed by atoms with E-state index in [0.717, 1.165) is 38.1 Å². The monoisotopic (exact) mass is 299 g/mol. The van der Waals surface area contributed by atoms with Crippen LogP contribution in [0.2, 0.25) is 0 Å².